The van der Waals surface area contributed by atoms with Gasteiger partial charge in [-0.2, -0.15) is 0 Å². The second-order valence-corrected chi connectivity index (χ2v) is 6.18. The van der Waals surface area contributed by atoms with E-state index in [-0.39, 0.29) is 0 Å². The van der Waals surface area contributed by atoms with E-state index in [1.165, 1.54) is 10.5 Å². The molecule has 2 aromatic rings. The predicted molar refractivity (Wildman–Crippen MR) is 84.5 cm³/mol. The molecule has 0 saturated carbocycles. The maximum absolute atomic E-state index is 4.41. The topological polar surface area (TPSA) is 24.9 Å². The first-order valence-corrected chi connectivity index (χ1v) is 7.98. The number of hydrogen-bond donors (Lipinski definition) is 1. The van der Waals surface area contributed by atoms with Gasteiger partial charge in [0.1, 0.15) is 5.03 Å². The Morgan fingerprint density at radius 1 is 1.21 bits per heavy atom. The van der Waals surface area contributed by atoms with Gasteiger partial charge in [-0.3, -0.25) is 0 Å². The van der Waals surface area contributed by atoms with Crippen LogP contribution in [-0.4, -0.2) is 11.5 Å². The van der Waals surface area contributed by atoms with Crippen LogP contribution in [0.2, 0.25) is 0 Å². The molecule has 1 aromatic carbocycles. The normalized spacial score (nSPS) is 10.6. The van der Waals surface area contributed by atoms with E-state index in [0.29, 0.717) is 0 Å². The minimum Gasteiger partial charge on any atom is -0.313 e. The molecule has 0 bridgehead atoms. The van der Waals surface area contributed by atoms with Crippen molar-refractivity contribution in [2.75, 3.05) is 6.54 Å². The highest BCUT2D eigenvalue weighted by molar-refractivity contribution is 9.10. The lowest BCUT2D eigenvalue weighted by Gasteiger charge is -2.09. The van der Waals surface area contributed by atoms with Gasteiger partial charge in [-0.25, -0.2) is 4.98 Å². The van der Waals surface area contributed by atoms with Crippen molar-refractivity contribution in [2.24, 2.45) is 0 Å². The summed E-state index contributed by atoms with van der Waals surface area (Å²) in [7, 11) is 0. The number of nitrogens with one attached hydrogen (secondary N) is 1. The fourth-order valence-corrected chi connectivity index (χ4v) is 2.80. The summed E-state index contributed by atoms with van der Waals surface area (Å²) in [6.07, 6.45) is 2.99. The van der Waals surface area contributed by atoms with Crippen LogP contribution in [0.15, 0.2) is 57.0 Å². The van der Waals surface area contributed by atoms with Crippen molar-refractivity contribution in [3.8, 4) is 0 Å². The molecule has 0 radical (unpaired) electrons. The quantitative estimate of drug-likeness (QED) is 0.786. The van der Waals surface area contributed by atoms with Crippen LogP contribution in [0, 0.1) is 0 Å². The molecule has 0 aliphatic heterocycles. The Balaban J connectivity index is 2.08. The molecule has 0 amide bonds. The molecular weight excluding hydrogens is 320 g/mol. The number of rotatable bonds is 6. The highest BCUT2D eigenvalue weighted by atomic mass is 79.9. The SMILES string of the molecule is CCCNCc1ccccc1Sc1ccc(Br)cn1. The molecule has 1 aromatic heterocycles. The predicted octanol–water partition coefficient (Wildman–Crippen LogP) is 4.49. The molecule has 0 aliphatic rings. The number of aromatic nitrogens is 1. The minimum atomic E-state index is 0.910. The molecule has 2 nitrogen and oxygen atoms in total. The van der Waals surface area contributed by atoms with Gasteiger partial charge in [0.05, 0.1) is 0 Å². The second-order valence-electron chi connectivity index (χ2n) is 4.20. The van der Waals surface area contributed by atoms with Crippen molar-refractivity contribution >= 4 is 27.7 Å². The Hall–Kier alpha value is -0.840. The Kier molecular flexibility index (Phi) is 5.89. The summed E-state index contributed by atoms with van der Waals surface area (Å²) < 4.78 is 1.01. The van der Waals surface area contributed by atoms with E-state index in [0.717, 1.165) is 29.0 Å². The molecule has 2 rings (SSSR count). The maximum Gasteiger partial charge on any atom is 0.101 e. The van der Waals surface area contributed by atoms with Gasteiger partial charge >= 0.3 is 0 Å². The molecule has 4 heteroatoms. The van der Waals surface area contributed by atoms with Crippen LogP contribution in [0.1, 0.15) is 18.9 Å². The summed E-state index contributed by atoms with van der Waals surface area (Å²) in [4.78, 5) is 5.67. The number of hydrogen-bond acceptors (Lipinski definition) is 3. The van der Waals surface area contributed by atoms with Gasteiger partial charge < -0.3 is 5.32 Å². The van der Waals surface area contributed by atoms with Crippen LogP contribution < -0.4 is 5.32 Å². The fraction of sp³-hybridized carbons (Fsp3) is 0.267. The molecule has 0 unspecified atom stereocenters. The summed E-state index contributed by atoms with van der Waals surface area (Å²) in [5.41, 5.74) is 1.32. The molecular formula is C15H17BrN2S. The first kappa shape index (κ1) is 14.6. The van der Waals surface area contributed by atoms with Crippen LogP contribution in [0.3, 0.4) is 0 Å². The number of pyridine rings is 1. The lowest BCUT2D eigenvalue weighted by molar-refractivity contribution is 0.669. The Morgan fingerprint density at radius 2 is 2.05 bits per heavy atom. The van der Waals surface area contributed by atoms with E-state index in [9.17, 15) is 0 Å². The highest BCUT2D eigenvalue weighted by Gasteiger charge is 2.04. The van der Waals surface area contributed by atoms with Crippen molar-refractivity contribution in [1.29, 1.82) is 0 Å². The monoisotopic (exact) mass is 336 g/mol. The van der Waals surface area contributed by atoms with E-state index >= 15 is 0 Å². The molecule has 0 fully saturated rings. The lowest BCUT2D eigenvalue weighted by atomic mass is 10.2. The lowest BCUT2D eigenvalue weighted by Crippen LogP contribution is -2.14. The van der Waals surface area contributed by atoms with E-state index in [1.54, 1.807) is 11.8 Å². The van der Waals surface area contributed by atoms with Gasteiger partial charge in [-0.1, -0.05) is 36.9 Å². The summed E-state index contributed by atoms with van der Waals surface area (Å²) in [5.74, 6) is 0. The Bertz CT molecular complexity index is 514. The summed E-state index contributed by atoms with van der Waals surface area (Å²) >= 11 is 5.11. The van der Waals surface area contributed by atoms with Crippen LogP contribution in [0.4, 0.5) is 0 Å². The van der Waals surface area contributed by atoms with Gasteiger partial charge in [0.2, 0.25) is 0 Å². The van der Waals surface area contributed by atoms with Crippen molar-refractivity contribution in [2.45, 2.75) is 29.8 Å². The van der Waals surface area contributed by atoms with Crippen molar-refractivity contribution in [3.05, 3.63) is 52.6 Å². The standard InChI is InChI=1S/C15H17BrN2S/c1-2-9-17-10-12-5-3-4-6-14(12)19-15-8-7-13(16)11-18-15/h3-8,11,17H,2,9-10H2,1H3. The van der Waals surface area contributed by atoms with E-state index in [2.05, 4.69) is 57.4 Å². The number of halogens is 1. The zero-order valence-corrected chi connectivity index (χ0v) is 13.3. The molecule has 1 heterocycles. The summed E-state index contributed by atoms with van der Waals surface area (Å²) in [6, 6.07) is 12.5. The molecule has 100 valence electrons. The first-order valence-electron chi connectivity index (χ1n) is 6.37. The number of nitrogens with zero attached hydrogens (tertiary/aromatic N) is 1. The maximum atomic E-state index is 4.41. The number of benzene rings is 1. The summed E-state index contributed by atoms with van der Waals surface area (Å²) in [5, 5.41) is 4.46. The molecule has 0 spiro atoms. The van der Waals surface area contributed by atoms with Gasteiger partial charge in [0.15, 0.2) is 0 Å². The van der Waals surface area contributed by atoms with Gasteiger partial charge in [-0.15, -0.1) is 0 Å². The van der Waals surface area contributed by atoms with Crippen molar-refractivity contribution < 1.29 is 0 Å². The average Bonchev–Trinajstić information content (AvgIpc) is 2.43. The van der Waals surface area contributed by atoms with E-state index < -0.39 is 0 Å². The molecule has 1 N–H and O–H groups in total. The van der Waals surface area contributed by atoms with Crippen molar-refractivity contribution in [1.82, 2.24) is 10.3 Å². The third-order valence-electron chi connectivity index (χ3n) is 2.63. The fourth-order valence-electron chi connectivity index (χ4n) is 1.68. The Labute approximate surface area is 127 Å². The minimum absolute atomic E-state index is 0.910. The van der Waals surface area contributed by atoms with E-state index in [4.69, 9.17) is 0 Å². The highest BCUT2D eigenvalue weighted by Crippen LogP contribution is 2.29. The van der Waals surface area contributed by atoms with Gasteiger partial charge in [-0.05, 0) is 52.7 Å². The molecule has 0 atom stereocenters. The smallest absolute Gasteiger partial charge is 0.101 e. The molecule has 0 saturated heterocycles. The van der Waals surface area contributed by atoms with Crippen molar-refractivity contribution in [3.63, 3.8) is 0 Å². The zero-order valence-electron chi connectivity index (χ0n) is 10.9. The molecule has 0 aliphatic carbocycles. The van der Waals surface area contributed by atoms with Gasteiger partial charge in [0, 0.05) is 22.1 Å². The molecule has 19 heavy (non-hydrogen) atoms. The van der Waals surface area contributed by atoms with Crippen LogP contribution in [0.5, 0.6) is 0 Å². The first-order chi connectivity index (χ1) is 9.29. The largest absolute Gasteiger partial charge is 0.313 e. The third kappa shape index (κ3) is 4.64. The van der Waals surface area contributed by atoms with E-state index in [1.807, 2.05) is 18.3 Å². The summed E-state index contributed by atoms with van der Waals surface area (Å²) in [6.45, 7) is 4.14. The van der Waals surface area contributed by atoms with Crippen LogP contribution in [-0.2, 0) is 6.54 Å². The van der Waals surface area contributed by atoms with Crippen LogP contribution >= 0.6 is 27.7 Å². The second kappa shape index (κ2) is 7.68. The average molecular weight is 337 g/mol. The Morgan fingerprint density at radius 3 is 2.79 bits per heavy atom. The third-order valence-corrected chi connectivity index (χ3v) is 4.17. The zero-order chi connectivity index (χ0) is 13.5. The van der Waals surface area contributed by atoms with Crippen LogP contribution in [0.25, 0.3) is 0 Å². The van der Waals surface area contributed by atoms with Gasteiger partial charge in [0.25, 0.3) is 0 Å².